The van der Waals surface area contributed by atoms with Crippen LogP contribution in [0.2, 0.25) is 0 Å². The molecule has 0 radical (unpaired) electrons. The Hall–Kier alpha value is -2.58. The van der Waals surface area contributed by atoms with E-state index >= 15 is 0 Å². The van der Waals surface area contributed by atoms with Crippen LogP contribution in [0.3, 0.4) is 0 Å². The van der Waals surface area contributed by atoms with Crippen molar-refractivity contribution in [3.63, 3.8) is 0 Å². The molecule has 0 aliphatic heterocycles. The molecule has 0 aliphatic rings. The van der Waals surface area contributed by atoms with Gasteiger partial charge in [-0.05, 0) is 66.2 Å². The Morgan fingerprint density at radius 1 is 1.07 bits per heavy atom. The number of amides is 2. The zero-order valence-electron chi connectivity index (χ0n) is 15.2. The van der Waals surface area contributed by atoms with E-state index in [0.29, 0.717) is 11.4 Å². The molecule has 28 heavy (non-hydrogen) atoms. The van der Waals surface area contributed by atoms with Crippen molar-refractivity contribution in [2.75, 3.05) is 10.6 Å². The number of carboxylic acid groups (broad SMARTS) is 1. The summed E-state index contributed by atoms with van der Waals surface area (Å²) < 4.78 is 0.813. The summed E-state index contributed by atoms with van der Waals surface area (Å²) in [6, 6.07) is 14.4. The molecule has 2 aromatic rings. The summed E-state index contributed by atoms with van der Waals surface area (Å²) in [5.74, 6) is -1.78. The van der Waals surface area contributed by atoms with Crippen LogP contribution in [0.1, 0.15) is 13.8 Å². The lowest BCUT2D eigenvalue weighted by molar-refractivity contribution is -0.132. The fourth-order valence-electron chi connectivity index (χ4n) is 2.11. The largest absolute Gasteiger partial charge is 0.478 e. The molecule has 0 aliphatic carbocycles. The highest BCUT2D eigenvalue weighted by molar-refractivity contribution is 9.10. The summed E-state index contributed by atoms with van der Waals surface area (Å²) in [5.41, 5.74) is 1.20. The van der Waals surface area contributed by atoms with Crippen molar-refractivity contribution in [1.29, 1.82) is 0 Å². The molecule has 6 nitrogen and oxygen atoms in total. The fraction of sp³-hybridized carbons (Fsp3) is 0.150. The standard InChI is InChI=1S/C20H19BrN2O4S/c1-12(20(26)27)11-18(24)22-14-7-9-15(10-8-14)28-13(2)19(25)23-17-6-4-3-5-16(17)21/h3-11,13H,1-2H3,(H,22,24)(H,23,25)(H,26,27)/b12-11+/t13-/m0/s1. The summed E-state index contributed by atoms with van der Waals surface area (Å²) in [7, 11) is 0. The van der Waals surface area contributed by atoms with E-state index in [1.165, 1.54) is 18.7 Å². The number of aliphatic carboxylic acids is 1. The van der Waals surface area contributed by atoms with Crippen LogP contribution in [-0.2, 0) is 14.4 Å². The molecule has 0 saturated carbocycles. The van der Waals surface area contributed by atoms with E-state index in [2.05, 4.69) is 26.6 Å². The van der Waals surface area contributed by atoms with Gasteiger partial charge in [0.2, 0.25) is 11.8 Å². The number of halogens is 1. The predicted octanol–water partition coefficient (Wildman–Crippen LogP) is 4.54. The van der Waals surface area contributed by atoms with E-state index in [-0.39, 0.29) is 16.7 Å². The van der Waals surface area contributed by atoms with Gasteiger partial charge in [-0.15, -0.1) is 11.8 Å². The van der Waals surface area contributed by atoms with Gasteiger partial charge in [0.05, 0.1) is 10.9 Å². The second-order valence-corrected chi connectivity index (χ2v) is 8.14. The number of nitrogens with one attached hydrogen (secondary N) is 2. The van der Waals surface area contributed by atoms with Crippen LogP contribution in [0.4, 0.5) is 11.4 Å². The van der Waals surface area contributed by atoms with Crippen LogP contribution in [-0.4, -0.2) is 28.1 Å². The molecule has 2 aromatic carbocycles. The number of hydrogen-bond acceptors (Lipinski definition) is 4. The Balaban J connectivity index is 1.93. The van der Waals surface area contributed by atoms with Gasteiger partial charge in [-0.25, -0.2) is 4.79 Å². The first-order chi connectivity index (χ1) is 13.3. The first kappa shape index (κ1) is 21.7. The highest BCUT2D eigenvalue weighted by Gasteiger charge is 2.15. The van der Waals surface area contributed by atoms with Gasteiger partial charge in [0.25, 0.3) is 0 Å². The number of benzene rings is 2. The van der Waals surface area contributed by atoms with Gasteiger partial charge >= 0.3 is 5.97 Å². The van der Waals surface area contributed by atoms with Crippen molar-refractivity contribution < 1.29 is 19.5 Å². The summed E-state index contributed by atoms with van der Waals surface area (Å²) in [5, 5.41) is 13.9. The Bertz CT molecular complexity index is 913. The minimum atomic E-state index is -1.14. The van der Waals surface area contributed by atoms with Crippen molar-refractivity contribution in [3.05, 3.63) is 64.7 Å². The molecule has 0 bridgehead atoms. The van der Waals surface area contributed by atoms with Gasteiger partial charge in [-0.1, -0.05) is 12.1 Å². The van der Waals surface area contributed by atoms with Crippen molar-refractivity contribution in [2.45, 2.75) is 24.0 Å². The van der Waals surface area contributed by atoms with Crippen LogP contribution < -0.4 is 10.6 Å². The maximum atomic E-state index is 12.4. The number of rotatable bonds is 7. The molecule has 8 heteroatoms. The second-order valence-electron chi connectivity index (χ2n) is 5.88. The number of carboxylic acids is 1. The van der Waals surface area contributed by atoms with Crippen LogP contribution in [0.5, 0.6) is 0 Å². The van der Waals surface area contributed by atoms with Crippen LogP contribution in [0, 0.1) is 0 Å². The first-order valence-electron chi connectivity index (χ1n) is 8.31. The molecule has 0 saturated heterocycles. The summed E-state index contributed by atoms with van der Waals surface area (Å²) in [4.78, 5) is 35.7. The lowest BCUT2D eigenvalue weighted by atomic mass is 10.2. The van der Waals surface area contributed by atoms with Gasteiger partial charge in [-0.3, -0.25) is 9.59 Å². The Kier molecular flexibility index (Phi) is 7.83. The Morgan fingerprint density at radius 2 is 1.71 bits per heavy atom. The van der Waals surface area contributed by atoms with Gasteiger partial charge < -0.3 is 15.7 Å². The minimum absolute atomic E-state index is 0.0467. The highest BCUT2D eigenvalue weighted by atomic mass is 79.9. The average molecular weight is 463 g/mol. The third-order valence-electron chi connectivity index (χ3n) is 3.62. The van der Waals surface area contributed by atoms with Crippen molar-refractivity contribution in [1.82, 2.24) is 0 Å². The van der Waals surface area contributed by atoms with E-state index in [1.807, 2.05) is 31.2 Å². The topological polar surface area (TPSA) is 95.5 Å². The van der Waals surface area contributed by atoms with E-state index in [1.54, 1.807) is 24.3 Å². The molecule has 1 atom stereocenters. The molecular weight excluding hydrogens is 444 g/mol. The predicted molar refractivity (Wildman–Crippen MR) is 115 cm³/mol. The zero-order chi connectivity index (χ0) is 20.7. The van der Waals surface area contributed by atoms with Gasteiger partial charge in [0.1, 0.15) is 0 Å². The molecule has 2 rings (SSSR count). The maximum absolute atomic E-state index is 12.4. The van der Waals surface area contributed by atoms with E-state index in [0.717, 1.165) is 15.4 Å². The van der Waals surface area contributed by atoms with E-state index < -0.39 is 11.9 Å². The third-order valence-corrected chi connectivity index (χ3v) is 5.42. The van der Waals surface area contributed by atoms with Crippen molar-refractivity contribution >= 4 is 56.9 Å². The smallest absolute Gasteiger partial charge is 0.331 e. The lowest BCUT2D eigenvalue weighted by Gasteiger charge is -2.13. The molecule has 0 fully saturated rings. The minimum Gasteiger partial charge on any atom is -0.478 e. The number of anilines is 2. The summed E-state index contributed by atoms with van der Waals surface area (Å²) >= 11 is 4.79. The molecule has 146 valence electrons. The molecule has 0 heterocycles. The zero-order valence-corrected chi connectivity index (χ0v) is 17.6. The lowest BCUT2D eigenvalue weighted by Crippen LogP contribution is -2.22. The van der Waals surface area contributed by atoms with Crippen LogP contribution in [0.15, 0.2) is 69.5 Å². The summed E-state index contributed by atoms with van der Waals surface area (Å²) in [6.45, 7) is 3.16. The fourth-order valence-corrected chi connectivity index (χ4v) is 3.36. The molecule has 2 amide bonds. The second kappa shape index (κ2) is 10.1. The number of para-hydroxylation sites is 1. The molecule has 0 spiro atoms. The third kappa shape index (κ3) is 6.54. The number of carbonyl (C=O) groups excluding carboxylic acids is 2. The number of thioether (sulfide) groups is 1. The van der Waals surface area contributed by atoms with Gasteiger partial charge in [0.15, 0.2) is 0 Å². The molecule has 0 unspecified atom stereocenters. The summed E-state index contributed by atoms with van der Waals surface area (Å²) in [6.07, 6.45) is 1.03. The SMILES string of the molecule is C/C(=C\C(=O)Nc1ccc(S[C@@H](C)C(=O)Nc2ccccc2Br)cc1)C(=O)O. The van der Waals surface area contributed by atoms with Crippen LogP contribution in [0.25, 0.3) is 0 Å². The maximum Gasteiger partial charge on any atom is 0.331 e. The monoisotopic (exact) mass is 462 g/mol. The molecule has 0 aromatic heterocycles. The van der Waals surface area contributed by atoms with Crippen molar-refractivity contribution in [2.24, 2.45) is 0 Å². The number of hydrogen-bond donors (Lipinski definition) is 3. The molecule has 3 N–H and O–H groups in total. The van der Waals surface area contributed by atoms with Crippen LogP contribution >= 0.6 is 27.7 Å². The molecular formula is C20H19BrN2O4S. The Morgan fingerprint density at radius 3 is 2.32 bits per heavy atom. The Labute approximate surface area is 175 Å². The van der Waals surface area contributed by atoms with E-state index in [9.17, 15) is 14.4 Å². The number of carbonyl (C=O) groups is 3. The quantitative estimate of drug-likeness (QED) is 0.414. The van der Waals surface area contributed by atoms with Crippen molar-refractivity contribution in [3.8, 4) is 0 Å². The van der Waals surface area contributed by atoms with Gasteiger partial charge in [0, 0.05) is 26.7 Å². The normalized spacial score (nSPS) is 12.2. The highest BCUT2D eigenvalue weighted by Crippen LogP contribution is 2.27. The van der Waals surface area contributed by atoms with Gasteiger partial charge in [-0.2, -0.15) is 0 Å². The van der Waals surface area contributed by atoms with E-state index in [4.69, 9.17) is 5.11 Å². The first-order valence-corrected chi connectivity index (χ1v) is 9.98. The average Bonchev–Trinajstić information content (AvgIpc) is 2.64.